The molecule has 31 heavy (non-hydrogen) atoms. The highest BCUT2D eigenvalue weighted by molar-refractivity contribution is 8.00. The highest BCUT2D eigenvalue weighted by Crippen LogP contribution is 2.33. The Morgan fingerprint density at radius 3 is 2.52 bits per heavy atom. The predicted octanol–water partition coefficient (Wildman–Crippen LogP) is 5.41. The van der Waals surface area contributed by atoms with Gasteiger partial charge in [0, 0.05) is 24.1 Å². The summed E-state index contributed by atoms with van der Waals surface area (Å²) < 4.78 is 5.49. The normalized spacial score (nSPS) is 15.3. The highest BCUT2D eigenvalue weighted by atomic mass is 35.5. The predicted molar refractivity (Wildman–Crippen MR) is 129 cm³/mol. The van der Waals surface area contributed by atoms with Crippen LogP contribution in [0.25, 0.3) is 11.5 Å². The van der Waals surface area contributed by atoms with E-state index in [1.807, 2.05) is 13.1 Å². The van der Waals surface area contributed by atoms with Crippen molar-refractivity contribution in [3.05, 3.63) is 52.9 Å². The van der Waals surface area contributed by atoms with E-state index in [-0.39, 0.29) is 5.41 Å². The van der Waals surface area contributed by atoms with Gasteiger partial charge in [-0.1, -0.05) is 44.5 Å². The molecule has 3 aromatic rings. The molecule has 0 radical (unpaired) electrons. The molecule has 0 unspecified atom stereocenters. The van der Waals surface area contributed by atoms with Gasteiger partial charge in [-0.25, -0.2) is 4.98 Å². The van der Waals surface area contributed by atoms with E-state index in [1.165, 1.54) is 17.5 Å². The van der Waals surface area contributed by atoms with Crippen LogP contribution >= 0.6 is 23.5 Å². The molecule has 2 aromatic heterocycles. The minimum Gasteiger partial charge on any atom is -0.324 e. The zero-order chi connectivity index (χ0) is 22.0. The van der Waals surface area contributed by atoms with Gasteiger partial charge in [-0.15, -0.1) is 10.2 Å². The molecule has 8 heteroatoms. The van der Waals surface area contributed by atoms with E-state index < -0.39 is 0 Å². The second-order valence-electron chi connectivity index (χ2n) is 8.99. The maximum Gasteiger partial charge on any atom is 0.184 e. The zero-order valence-electron chi connectivity index (χ0n) is 18.4. The number of nitrogens with one attached hydrogen (secondary N) is 2. The van der Waals surface area contributed by atoms with Crippen molar-refractivity contribution in [2.75, 3.05) is 17.8 Å². The summed E-state index contributed by atoms with van der Waals surface area (Å²) >= 11 is 7.80. The van der Waals surface area contributed by atoms with Crippen molar-refractivity contribution in [2.24, 2.45) is 7.05 Å². The third-order valence-electron chi connectivity index (χ3n) is 5.68. The van der Waals surface area contributed by atoms with Crippen LogP contribution in [0.2, 0.25) is 5.02 Å². The van der Waals surface area contributed by atoms with E-state index in [4.69, 9.17) is 11.6 Å². The van der Waals surface area contributed by atoms with E-state index >= 15 is 0 Å². The van der Waals surface area contributed by atoms with E-state index in [0.717, 1.165) is 53.9 Å². The molecular weight excluding hydrogens is 428 g/mol. The average molecular weight is 457 g/mol. The fourth-order valence-corrected chi connectivity index (χ4v) is 4.63. The Morgan fingerprint density at radius 2 is 1.84 bits per heavy atom. The van der Waals surface area contributed by atoms with Crippen LogP contribution in [-0.4, -0.2) is 32.8 Å². The molecule has 1 fully saturated rings. The molecular formula is C23H29ClN6S. The number of halogens is 1. The van der Waals surface area contributed by atoms with E-state index in [2.05, 4.69) is 74.8 Å². The topological polar surface area (TPSA) is 67.7 Å². The largest absolute Gasteiger partial charge is 0.324 e. The molecule has 1 aromatic carbocycles. The molecule has 0 amide bonds. The molecule has 0 spiro atoms. The number of nitrogens with zero attached hydrogens (tertiary/aromatic N) is 4. The summed E-state index contributed by atoms with van der Waals surface area (Å²) in [5.41, 5.74) is 3.02. The van der Waals surface area contributed by atoms with E-state index in [1.54, 1.807) is 6.20 Å². The number of hydrogen-bond acceptors (Lipinski definition) is 6. The van der Waals surface area contributed by atoms with Crippen LogP contribution in [0.4, 0.5) is 5.69 Å². The Balaban J connectivity index is 1.56. The van der Waals surface area contributed by atoms with Crippen LogP contribution in [0.3, 0.4) is 0 Å². The first kappa shape index (κ1) is 22.1. The van der Waals surface area contributed by atoms with Crippen LogP contribution in [-0.2, 0) is 12.5 Å². The van der Waals surface area contributed by atoms with Gasteiger partial charge in [-0.05, 0) is 67.1 Å². The van der Waals surface area contributed by atoms with Crippen LogP contribution < -0.4 is 10.0 Å². The molecule has 1 aliphatic rings. The van der Waals surface area contributed by atoms with Crippen LogP contribution in [0, 0.1) is 0 Å². The molecule has 0 bridgehead atoms. The van der Waals surface area contributed by atoms with Gasteiger partial charge in [-0.3, -0.25) is 0 Å². The van der Waals surface area contributed by atoms with Gasteiger partial charge in [0.15, 0.2) is 5.82 Å². The van der Waals surface area contributed by atoms with E-state index in [9.17, 15) is 0 Å². The van der Waals surface area contributed by atoms with E-state index in [0.29, 0.717) is 10.9 Å². The van der Waals surface area contributed by atoms with Gasteiger partial charge in [0.05, 0.1) is 10.7 Å². The summed E-state index contributed by atoms with van der Waals surface area (Å²) in [4.78, 5) is 5.70. The van der Waals surface area contributed by atoms with Gasteiger partial charge in [0.2, 0.25) is 0 Å². The van der Waals surface area contributed by atoms with Crippen molar-refractivity contribution < 1.29 is 0 Å². The number of rotatable bonds is 5. The molecule has 6 nitrogen and oxygen atoms in total. The lowest BCUT2D eigenvalue weighted by molar-refractivity contribution is 0.436. The lowest BCUT2D eigenvalue weighted by Crippen LogP contribution is -2.27. The Hall–Kier alpha value is -2.09. The fourth-order valence-electron chi connectivity index (χ4n) is 3.82. The van der Waals surface area contributed by atoms with Crippen molar-refractivity contribution >= 4 is 29.2 Å². The van der Waals surface area contributed by atoms with Crippen molar-refractivity contribution in [2.45, 2.75) is 49.8 Å². The van der Waals surface area contributed by atoms with Crippen molar-refractivity contribution in [1.82, 2.24) is 25.1 Å². The maximum atomic E-state index is 6.26. The first-order chi connectivity index (χ1) is 14.8. The summed E-state index contributed by atoms with van der Waals surface area (Å²) in [6, 6.07) is 10.5. The Morgan fingerprint density at radius 1 is 1.13 bits per heavy atom. The smallest absolute Gasteiger partial charge is 0.184 e. The fraction of sp³-hybridized carbons (Fsp3) is 0.435. The third-order valence-corrected chi connectivity index (χ3v) is 6.71. The lowest BCUT2D eigenvalue weighted by atomic mass is 9.87. The maximum absolute atomic E-state index is 6.26. The van der Waals surface area contributed by atoms with Crippen LogP contribution in [0.1, 0.15) is 50.9 Å². The van der Waals surface area contributed by atoms with Crippen molar-refractivity contribution in [1.29, 1.82) is 0 Å². The van der Waals surface area contributed by atoms with Crippen molar-refractivity contribution in [3.8, 4) is 11.5 Å². The van der Waals surface area contributed by atoms with Crippen LogP contribution in [0.5, 0.6) is 0 Å². The molecule has 4 rings (SSSR count). The standard InChI is InChI=1S/C23H29ClN6S/c1-23(2,3)16-5-7-18(8-6-16)31-29-19-13-17(24)14-26-20(19)22-28-27-21(30(22)4)15-9-11-25-12-10-15/h5-8,13-15,25,29H,9-12H2,1-4H3. The molecule has 1 aliphatic heterocycles. The second-order valence-corrected chi connectivity index (χ2v) is 10.3. The van der Waals surface area contributed by atoms with Gasteiger partial charge >= 0.3 is 0 Å². The third kappa shape index (κ3) is 5.05. The Labute approximate surface area is 193 Å². The quantitative estimate of drug-likeness (QED) is 0.500. The monoisotopic (exact) mass is 456 g/mol. The first-order valence-electron chi connectivity index (χ1n) is 10.6. The Bertz CT molecular complexity index is 1040. The second kappa shape index (κ2) is 9.18. The summed E-state index contributed by atoms with van der Waals surface area (Å²) in [6.45, 7) is 8.69. The number of benzene rings is 1. The van der Waals surface area contributed by atoms with Crippen LogP contribution in [0.15, 0.2) is 41.4 Å². The number of pyridine rings is 1. The molecule has 3 heterocycles. The molecule has 1 saturated heterocycles. The number of aromatic nitrogens is 4. The SMILES string of the molecule is Cn1c(-c2ncc(Cl)cc2NSc2ccc(C(C)(C)C)cc2)nnc1C1CCNCC1. The average Bonchev–Trinajstić information content (AvgIpc) is 3.14. The summed E-state index contributed by atoms with van der Waals surface area (Å²) in [7, 11) is 2.02. The van der Waals surface area contributed by atoms with Gasteiger partial charge in [-0.2, -0.15) is 0 Å². The van der Waals surface area contributed by atoms with Gasteiger partial charge in [0.1, 0.15) is 11.5 Å². The molecule has 164 valence electrons. The zero-order valence-corrected chi connectivity index (χ0v) is 20.0. The van der Waals surface area contributed by atoms with Crippen molar-refractivity contribution in [3.63, 3.8) is 0 Å². The molecule has 2 N–H and O–H groups in total. The molecule has 0 saturated carbocycles. The Kier molecular flexibility index (Phi) is 6.55. The summed E-state index contributed by atoms with van der Waals surface area (Å²) in [5, 5.41) is 13.0. The number of piperidine rings is 1. The minimum absolute atomic E-state index is 0.137. The number of anilines is 1. The minimum atomic E-state index is 0.137. The number of hydrogen-bond donors (Lipinski definition) is 2. The van der Waals surface area contributed by atoms with Gasteiger partial charge < -0.3 is 14.6 Å². The molecule has 0 aliphatic carbocycles. The summed E-state index contributed by atoms with van der Waals surface area (Å²) in [6.07, 6.45) is 3.81. The first-order valence-corrected chi connectivity index (χ1v) is 11.8. The van der Waals surface area contributed by atoms with Gasteiger partial charge in [0.25, 0.3) is 0 Å². The molecule has 0 atom stereocenters. The highest BCUT2D eigenvalue weighted by Gasteiger charge is 2.24. The lowest BCUT2D eigenvalue weighted by Gasteiger charge is -2.21. The summed E-state index contributed by atoms with van der Waals surface area (Å²) in [5.74, 6) is 2.19.